The number of furan rings is 1. The second-order valence-corrected chi connectivity index (χ2v) is 13.7. The van der Waals surface area contributed by atoms with Gasteiger partial charge in [-0.05, 0) is 28.3 Å². The highest BCUT2D eigenvalue weighted by molar-refractivity contribution is 6.19. The van der Waals surface area contributed by atoms with E-state index in [0.717, 1.165) is 22.3 Å². The molecule has 15 nitrogen and oxygen atoms in total. The van der Waals surface area contributed by atoms with Crippen molar-refractivity contribution in [2.75, 3.05) is 0 Å². The van der Waals surface area contributed by atoms with Crippen LogP contribution >= 0.6 is 0 Å². The molecule has 60 heavy (non-hydrogen) atoms. The van der Waals surface area contributed by atoms with Gasteiger partial charge in [-0.2, -0.15) is 0 Å². The van der Waals surface area contributed by atoms with E-state index in [4.69, 9.17) is 9.40 Å². The molecule has 2 aromatic heterocycles. The van der Waals surface area contributed by atoms with Gasteiger partial charge in [0.2, 0.25) is 28.7 Å². The van der Waals surface area contributed by atoms with E-state index in [2.05, 4.69) is 9.97 Å². The molecule has 0 saturated heterocycles. The number of fused-ring (bicyclic) bond motifs is 3. The van der Waals surface area contributed by atoms with E-state index in [0.29, 0.717) is 11.1 Å². The zero-order valence-corrected chi connectivity index (χ0v) is 30.6. The molecule has 11 N–H and O–H groups in total. The minimum absolute atomic E-state index is 0.0422. The Labute approximate surface area is 336 Å². The molecule has 9 rings (SSSR count). The maximum Gasteiger partial charge on any atom is 0.208 e. The fourth-order valence-electron chi connectivity index (χ4n) is 7.17. The van der Waals surface area contributed by atoms with Crippen LogP contribution in [0.4, 0.5) is 0 Å². The number of hydrogen-bond acceptors (Lipinski definition) is 15. The summed E-state index contributed by atoms with van der Waals surface area (Å²) in [5.74, 6) is -13.5. The van der Waals surface area contributed by atoms with Gasteiger partial charge in [0.05, 0.1) is 21.9 Å². The highest BCUT2D eigenvalue weighted by Gasteiger charge is 2.36. The summed E-state index contributed by atoms with van der Waals surface area (Å²) in [4.78, 5) is 13.9. The van der Waals surface area contributed by atoms with Crippen LogP contribution in [-0.4, -0.2) is 71.1 Å². The highest BCUT2D eigenvalue weighted by Crippen LogP contribution is 2.63. The van der Waals surface area contributed by atoms with Crippen molar-refractivity contribution < 1.29 is 60.6 Å². The number of aromatic nitrogens is 3. The lowest BCUT2D eigenvalue weighted by atomic mass is 9.94. The van der Waals surface area contributed by atoms with E-state index in [1.54, 1.807) is 24.3 Å². The predicted octanol–water partition coefficient (Wildman–Crippen LogP) is 8.53. The Bertz CT molecular complexity index is 3210. The first-order valence-electron chi connectivity index (χ1n) is 17.9. The van der Waals surface area contributed by atoms with Gasteiger partial charge < -0.3 is 60.6 Å². The van der Waals surface area contributed by atoms with Crippen LogP contribution in [0.15, 0.2) is 114 Å². The monoisotopic (exact) mass is 803 g/mol. The standard InChI is InChI=1S/C45H29N3O12/c49-30-25(33(52)39(58)41-27(30)28-34(53)37(56)38(57)40(59)42(28)60-41)26-31(50)29(35(54)36(55)32(26)51)45-47-43(22-16-14-21(15-17-22)19-8-3-1-4-9-19)46-44(48-45)24-13-7-12-23(18-24)20-10-5-2-6-11-20/h1-18,49-59H. The van der Waals surface area contributed by atoms with Crippen LogP contribution in [-0.2, 0) is 0 Å². The molecule has 0 bridgehead atoms. The van der Waals surface area contributed by atoms with Gasteiger partial charge >= 0.3 is 0 Å². The molecule has 296 valence electrons. The van der Waals surface area contributed by atoms with Crippen LogP contribution in [0.3, 0.4) is 0 Å². The molecule has 0 fully saturated rings. The average Bonchev–Trinajstić information content (AvgIpc) is 3.69. The molecule has 2 heterocycles. The zero-order valence-electron chi connectivity index (χ0n) is 30.6. The molecule has 0 aliphatic heterocycles. The summed E-state index contributed by atoms with van der Waals surface area (Å²) < 4.78 is 5.37. The number of phenols is 11. The molecule has 15 heteroatoms. The van der Waals surface area contributed by atoms with Crippen molar-refractivity contribution >= 4 is 21.9 Å². The van der Waals surface area contributed by atoms with Crippen molar-refractivity contribution in [1.29, 1.82) is 0 Å². The summed E-state index contributed by atoms with van der Waals surface area (Å²) in [5, 5.41) is 120. The minimum Gasteiger partial charge on any atom is -0.506 e. The SMILES string of the molecule is Oc1c(O)c(-c2nc(-c3ccc(-c4ccccc4)cc3)nc(-c3cccc(-c4ccccc4)c3)n2)c(O)c(-c2c(O)c(O)c3oc4c(O)c(O)c(O)c(O)c4c3c2O)c1O. The maximum absolute atomic E-state index is 12.0. The van der Waals surface area contributed by atoms with Crippen LogP contribution in [0.1, 0.15) is 0 Å². The Balaban J connectivity index is 1.30. The van der Waals surface area contributed by atoms with E-state index in [1.807, 2.05) is 84.9 Å². The third-order valence-electron chi connectivity index (χ3n) is 10.2. The van der Waals surface area contributed by atoms with Gasteiger partial charge in [0.25, 0.3) is 0 Å². The average molecular weight is 804 g/mol. The predicted molar refractivity (Wildman–Crippen MR) is 218 cm³/mol. The number of benzene rings is 7. The Morgan fingerprint density at radius 2 is 0.683 bits per heavy atom. The Kier molecular flexibility index (Phi) is 8.38. The van der Waals surface area contributed by atoms with Crippen molar-refractivity contribution in [3.05, 3.63) is 109 Å². The molecule has 7 aromatic carbocycles. The molecule has 9 aromatic rings. The van der Waals surface area contributed by atoms with Gasteiger partial charge in [-0.3, -0.25) is 0 Å². The van der Waals surface area contributed by atoms with E-state index in [9.17, 15) is 56.2 Å². The van der Waals surface area contributed by atoms with Gasteiger partial charge in [-0.25, -0.2) is 15.0 Å². The number of aromatic hydroxyl groups is 11. The largest absolute Gasteiger partial charge is 0.506 e. The first-order valence-corrected chi connectivity index (χ1v) is 17.9. The first-order chi connectivity index (χ1) is 28.8. The fraction of sp³-hybridized carbons (Fsp3) is 0. The number of phenolic OH excluding ortho intramolecular Hbond substituents is 11. The second kappa shape index (κ2) is 13.7. The Morgan fingerprint density at radius 3 is 1.32 bits per heavy atom. The van der Waals surface area contributed by atoms with Gasteiger partial charge in [0, 0.05) is 11.1 Å². The second-order valence-electron chi connectivity index (χ2n) is 13.7. The molecule has 0 aliphatic rings. The molecular formula is C45H29N3O12. The highest BCUT2D eigenvalue weighted by atomic mass is 16.4. The summed E-state index contributed by atoms with van der Waals surface area (Å²) in [5.41, 5.74) is 0.252. The van der Waals surface area contributed by atoms with Gasteiger partial charge in [-0.15, -0.1) is 0 Å². The summed E-state index contributed by atoms with van der Waals surface area (Å²) in [6, 6.07) is 33.4. The molecular weight excluding hydrogens is 775 g/mol. The van der Waals surface area contributed by atoms with Crippen LogP contribution in [0, 0.1) is 0 Å². The number of hydrogen-bond donors (Lipinski definition) is 11. The Hall–Kier alpha value is -8.85. The summed E-state index contributed by atoms with van der Waals surface area (Å²) in [6.07, 6.45) is 0. The third kappa shape index (κ3) is 5.56. The van der Waals surface area contributed by atoms with Crippen LogP contribution < -0.4 is 0 Å². The van der Waals surface area contributed by atoms with E-state index >= 15 is 0 Å². The van der Waals surface area contributed by atoms with Crippen LogP contribution in [0.2, 0.25) is 0 Å². The van der Waals surface area contributed by atoms with Crippen molar-refractivity contribution in [2.24, 2.45) is 0 Å². The summed E-state index contributed by atoms with van der Waals surface area (Å²) >= 11 is 0. The van der Waals surface area contributed by atoms with Crippen molar-refractivity contribution in [1.82, 2.24) is 15.0 Å². The van der Waals surface area contributed by atoms with Gasteiger partial charge in [0.15, 0.2) is 51.6 Å². The van der Waals surface area contributed by atoms with Crippen LogP contribution in [0.25, 0.3) is 89.5 Å². The van der Waals surface area contributed by atoms with Crippen molar-refractivity contribution in [3.63, 3.8) is 0 Å². The van der Waals surface area contributed by atoms with E-state index < -0.39 is 108 Å². The zero-order chi connectivity index (χ0) is 42.1. The number of nitrogens with zero attached hydrogens (tertiary/aromatic N) is 3. The fourth-order valence-corrected chi connectivity index (χ4v) is 7.17. The lowest BCUT2D eigenvalue weighted by molar-refractivity contribution is 0.348. The first kappa shape index (κ1) is 36.8. The summed E-state index contributed by atoms with van der Waals surface area (Å²) in [6.45, 7) is 0. The van der Waals surface area contributed by atoms with E-state index in [-0.39, 0.29) is 11.6 Å². The van der Waals surface area contributed by atoms with Crippen molar-refractivity contribution in [3.8, 4) is 131 Å². The number of rotatable bonds is 6. The molecule has 0 radical (unpaired) electrons. The minimum atomic E-state index is -1.31. The quantitative estimate of drug-likeness (QED) is 0.0555. The van der Waals surface area contributed by atoms with Gasteiger partial charge in [-0.1, -0.05) is 103 Å². The van der Waals surface area contributed by atoms with E-state index in [1.165, 1.54) is 0 Å². The molecule has 0 amide bonds. The summed E-state index contributed by atoms with van der Waals surface area (Å²) in [7, 11) is 0. The Morgan fingerprint density at radius 1 is 0.283 bits per heavy atom. The van der Waals surface area contributed by atoms with Crippen molar-refractivity contribution in [2.45, 2.75) is 0 Å². The topological polar surface area (TPSA) is 274 Å². The molecule has 0 saturated carbocycles. The lowest BCUT2D eigenvalue weighted by Crippen LogP contribution is -2.01. The lowest BCUT2D eigenvalue weighted by Gasteiger charge is -2.18. The van der Waals surface area contributed by atoms with Gasteiger partial charge in [0.1, 0.15) is 17.1 Å². The smallest absolute Gasteiger partial charge is 0.208 e. The molecule has 0 unspecified atom stereocenters. The normalized spacial score (nSPS) is 11.4. The molecule has 0 atom stereocenters. The van der Waals surface area contributed by atoms with Crippen LogP contribution in [0.5, 0.6) is 63.2 Å². The molecule has 0 aliphatic carbocycles. The third-order valence-corrected chi connectivity index (χ3v) is 10.2. The maximum atomic E-state index is 12.0. The molecule has 0 spiro atoms.